The monoisotopic (exact) mass is 603 g/mol. The molecule has 0 bridgehead atoms. The Labute approximate surface area is 255 Å². The van der Waals surface area contributed by atoms with Gasteiger partial charge in [-0.05, 0) is 54.8 Å². The minimum atomic E-state index is -0.928. The maximum Gasteiger partial charge on any atom is 0.254 e. The number of rotatable bonds is 14. The Kier molecular flexibility index (Phi) is 11.2. The molecule has 10 nitrogen and oxygen atoms in total. The molecule has 0 aliphatic rings. The highest BCUT2D eigenvalue weighted by molar-refractivity contribution is 7.09. The first kappa shape index (κ1) is 31.6. The van der Waals surface area contributed by atoms with E-state index < -0.39 is 18.1 Å². The molecule has 2 amide bonds. The summed E-state index contributed by atoms with van der Waals surface area (Å²) in [6.07, 6.45) is -0.545. The zero-order valence-electron chi connectivity index (χ0n) is 24.4. The van der Waals surface area contributed by atoms with Crippen LogP contribution in [0.1, 0.15) is 42.5 Å². The van der Waals surface area contributed by atoms with Gasteiger partial charge in [-0.15, -0.1) is 11.3 Å². The number of amides is 2. The van der Waals surface area contributed by atoms with Crippen LogP contribution in [0.3, 0.4) is 0 Å². The van der Waals surface area contributed by atoms with E-state index in [1.165, 1.54) is 34.4 Å². The maximum atomic E-state index is 13.5. The number of anilines is 1. The number of carbonyl (C=O) groups excluding carboxylic acids is 2. The van der Waals surface area contributed by atoms with E-state index in [0.717, 1.165) is 27.6 Å². The summed E-state index contributed by atoms with van der Waals surface area (Å²) in [5, 5.41) is 29.7. The molecule has 0 aliphatic carbocycles. The first-order valence-corrected chi connectivity index (χ1v) is 14.7. The highest BCUT2D eigenvalue weighted by Crippen LogP contribution is 2.19. The number of nitrogens with zero attached hydrogens (tertiary/aromatic N) is 2. The SMILES string of the molecule is COc1cccc(CNC[C@@H](O)[C@H](Cc2ccccc2)NC(=O)c2cc(NO)cc(C(=O)N(C)Cc3nc(C)cs3)c2)c1. The van der Waals surface area contributed by atoms with Gasteiger partial charge in [-0.3, -0.25) is 20.3 Å². The number of methoxy groups -OCH3 is 1. The Morgan fingerprint density at radius 3 is 2.47 bits per heavy atom. The van der Waals surface area contributed by atoms with Gasteiger partial charge in [0.15, 0.2) is 0 Å². The molecule has 226 valence electrons. The van der Waals surface area contributed by atoms with Crippen LogP contribution < -0.4 is 20.9 Å². The lowest BCUT2D eigenvalue weighted by Gasteiger charge is -2.25. The Bertz CT molecular complexity index is 1510. The Hall–Kier alpha value is -4.29. The van der Waals surface area contributed by atoms with Gasteiger partial charge < -0.3 is 25.4 Å². The first-order chi connectivity index (χ1) is 20.7. The summed E-state index contributed by atoms with van der Waals surface area (Å²) >= 11 is 1.47. The van der Waals surface area contributed by atoms with Crippen molar-refractivity contribution in [3.05, 3.63) is 111 Å². The van der Waals surface area contributed by atoms with Crippen LogP contribution in [0.25, 0.3) is 0 Å². The van der Waals surface area contributed by atoms with Gasteiger partial charge in [-0.1, -0.05) is 42.5 Å². The lowest BCUT2D eigenvalue weighted by molar-refractivity contribution is 0.0784. The molecule has 4 aromatic rings. The Balaban J connectivity index is 1.48. The van der Waals surface area contributed by atoms with Gasteiger partial charge in [0.2, 0.25) is 0 Å². The van der Waals surface area contributed by atoms with E-state index in [0.29, 0.717) is 19.5 Å². The lowest BCUT2D eigenvalue weighted by Crippen LogP contribution is -2.48. The second-order valence-corrected chi connectivity index (χ2v) is 11.2. The van der Waals surface area contributed by atoms with Gasteiger partial charge in [-0.2, -0.15) is 0 Å². The predicted molar refractivity (Wildman–Crippen MR) is 167 cm³/mol. The van der Waals surface area contributed by atoms with Crippen molar-refractivity contribution in [2.75, 3.05) is 26.2 Å². The average Bonchev–Trinajstić information content (AvgIpc) is 3.44. The minimum Gasteiger partial charge on any atom is -0.497 e. The largest absolute Gasteiger partial charge is 0.497 e. The predicted octanol–water partition coefficient (Wildman–Crippen LogP) is 4.03. The quantitative estimate of drug-likeness (QED) is 0.136. The van der Waals surface area contributed by atoms with Gasteiger partial charge in [-0.25, -0.2) is 4.98 Å². The molecule has 4 rings (SSSR count). The van der Waals surface area contributed by atoms with Crippen LogP contribution in [0.5, 0.6) is 5.75 Å². The number of aliphatic hydroxyl groups is 1. The summed E-state index contributed by atoms with van der Waals surface area (Å²) < 4.78 is 5.28. The highest BCUT2D eigenvalue weighted by atomic mass is 32.1. The highest BCUT2D eigenvalue weighted by Gasteiger charge is 2.24. The topological polar surface area (TPSA) is 136 Å². The zero-order chi connectivity index (χ0) is 30.8. The second kappa shape index (κ2) is 15.3. The fraction of sp³-hybridized carbons (Fsp3) is 0.281. The van der Waals surface area contributed by atoms with Crippen molar-refractivity contribution in [3.8, 4) is 5.75 Å². The van der Waals surface area contributed by atoms with Crippen LogP contribution in [0.4, 0.5) is 5.69 Å². The number of carbonyl (C=O) groups is 2. The number of aromatic nitrogens is 1. The fourth-order valence-corrected chi connectivity index (χ4v) is 5.43. The van der Waals surface area contributed by atoms with Crippen molar-refractivity contribution in [1.29, 1.82) is 0 Å². The number of thiazole rings is 1. The van der Waals surface area contributed by atoms with Gasteiger partial charge >= 0.3 is 0 Å². The van der Waals surface area contributed by atoms with E-state index >= 15 is 0 Å². The molecule has 0 aliphatic heterocycles. The average molecular weight is 604 g/mol. The van der Waals surface area contributed by atoms with Crippen molar-refractivity contribution in [2.24, 2.45) is 0 Å². The van der Waals surface area contributed by atoms with Crippen molar-refractivity contribution in [1.82, 2.24) is 20.5 Å². The number of benzene rings is 3. The van der Waals surface area contributed by atoms with Gasteiger partial charge in [0.25, 0.3) is 11.8 Å². The van der Waals surface area contributed by atoms with Gasteiger partial charge in [0, 0.05) is 42.3 Å². The lowest BCUT2D eigenvalue weighted by atomic mass is 10.00. The Morgan fingerprint density at radius 2 is 1.77 bits per heavy atom. The van der Waals surface area contributed by atoms with E-state index in [-0.39, 0.29) is 29.3 Å². The van der Waals surface area contributed by atoms with Crippen molar-refractivity contribution in [2.45, 2.75) is 38.6 Å². The van der Waals surface area contributed by atoms with Crippen LogP contribution in [-0.2, 0) is 19.5 Å². The van der Waals surface area contributed by atoms with Crippen LogP contribution in [0.15, 0.2) is 78.2 Å². The summed E-state index contributed by atoms with van der Waals surface area (Å²) in [5.74, 6) is -0.0743. The number of aliphatic hydroxyl groups excluding tert-OH is 1. The van der Waals surface area contributed by atoms with Crippen LogP contribution >= 0.6 is 11.3 Å². The van der Waals surface area contributed by atoms with E-state index in [1.807, 2.05) is 72.4 Å². The maximum absolute atomic E-state index is 13.5. The van der Waals surface area contributed by atoms with E-state index in [9.17, 15) is 19.9 Å². The van der Waals surface area contributed by atoms with Crippen LogP contribution in [0.2, 0.25) is 0 Å². The van der Waals surface area contributed by atoms with E-state index in [1.54, 1.807) is 14.2 Å². The smallest absolute Gasteiger partial charge is 0.254 e. The molecule has 43 heavy (non-hydrogen) atoms. The Morgan fingerprint density at radius 1 is 1.02 bits per heavy atom. The molecule has 0 saturated carbocycles. The summed E-state index contributed by atoms with van der Waals surface area (Å²) in [4.78, 5) is 32.7. The third-order valence-corrected chi connectivity index (χ3v) is 7.80. The molecule has 1 heterocycles. The van der Waals surface area contributed by atoms with Gasteiger partial charge in [0.05, 0.1) is 31.5 Å². The second-order valence-electron chi connectivity index (χ2n) is 10.3. The normalized spacial score (nSPS) is 12.3. The number of hydrogen-bond donors (Lipinski definition) is 5. The number of hydrogen-bond acceptors (Lipinski definition) is 9. The summed E-state index contributed by atoms with van der Waals surface area (Å²) in [5.41, 5.74) is 5.45. The fourth-order valence-electron chi connectivity index (χ4n) is 4.61. The zero-order valence-corrected chi connectivity index (χ0v) is 25.2. The molecular formula is C32H37N5O5S. The number of nitrogens with one attached hydrogen (secondary N) is 3. The summed E-state index contributed by atoms with van der Waals surface area (Å²) in [6.45, 7) is 2.92. The van der Waals surface area contributed by atoms with E-state index in [4.69, 9.17) is 4.74 Å². The van der Waals surface area contributed by atoms with Gasteiger partial charge in [0.1, 0.15) is 10.8 Å². The molecule has 2 atom stereocenters. The molecule has 1 aromatic heterocycles. The molecular weight excluding hydrogens is 566 g/mol. The minimum absolute atomic E-state index is 0.162. The standard InChI is InChI=1S/C32H37N5O5S/c1-21-20-43-30(34-21)19-37(2)32(40)25-14-24(15-26(16-25)36-41)31(39)35-28(13-22-8-5-4-6-9-22)29(38)18-33-17-23-10-7-11-27(12-23)42-3/h4-12,14-16,20,28-29,33,36,38,41H,13,17-19H2,1-3H3,(H,35,39)/t28-,29+/m0/s1. The molecule has 0 spiro atoms. The molecule has 0 saturated heterocycles. The molecule has 0 unspecified atom stereocenters. The third-order valence-electron chi connectivity index (χ3n) is 6.85. The molecule has 0 radical (unpaired) electrons. The summed E-state index contributed by atoms with van der Waals surface area (Å²) in [7, 11) is 3.27. The molecule has 11 heteroatoms. The van der Waals surface area contributed by atoms with Crippen molar-refractivity contribution < 1.29 is 24.6 Å². The molecule has 3 aromatic carbocycles. The van der Waals surface area contributed by atoms with Crippen molar-refractivity contribution in [3.63, 3.8) is 0 Å². The van der Waals surface area contributed by atoms with E-state index in [2.05, 4.69) is 15.6 Å². The summed E-state index contributed by atoms with van der Waals surface area (Å²) in [6, 6.07) is 21.0. The molecule has 0 fully saturated rings. The first-order valence-electron chi connectivity index (χ1n) is 13.8. The molecule has 5 N–H and O–H groups in total. The number of ether oxygens (including phenoxy) is 1. The van der Waals surface area contributed by atoms with Crippen LogP contribution in [0, 0.1) is 6.92 Å². The third kappa shape index (κ3) is 9.10. The van der Waals surface area contributed by atoms with Crippen molar-refractivity contribution >= 4 is 28.8 Å². The van der Waals surface area contributed by atoms with Crippen LogP contribution in [-0.4, -0.2) is 64.9 Å². The number of aryl methyl sites for hydroxylation is 1.